The van der Waals surface area contributed by atoms with Crippen molar-refractivity contribution in [2.75, 3.05) is 31.6 Å². The fourth-order valence-electron chi connectivity index (χ4n) is 7.80. The molecule has 248 valence electrons. The summed E-state index contributed by atoms with van der Waals surface area (Å²) in [5.74, 6) is -2.03. The van der Waals surface area contributed by atoms with Gasteiger partial charge in [0.15, 0.2) is 5.78 Å². The number of nitrogens with zero attached hydrogens (tertiary/aromatic N) is 2. The number of aryl methyl sites for hydroxylation is 2. The third kappa shape index (κ3) is 5.62. The number of fused-ring (bicyclic) bond motifs is 5. The molecule has 7 heteroatoms. The van der Waals surface area contributed by atoms with E-state index in [9.17, 15) is 13.6 Å². The van der Waals surface area contributed by atoms with Gasteiger partial charge in [0.1, 0.15) is 25.1 Å². The number of ether oxygens (including phenoxy) is 1. The molecule has 0 spiro atoms. The van der Waals surface area contributed by atoms with Crippen molar-refractivity contribution in [3.8, 4) is 22.6 Å². The minimum absolute atomic E-state index is 0.571. The third-order valence-corrected chi connectivity index (χ3v) is 10.4. The maximum atomic E-state index is 11.5. The fourth-order valence-corrected chi connectivity index (χ4v) is 7.80. The molecule has 4 aliphatic rings. The molecule has 0 aliphatic carbocycles. The summed E-state index contributed by atoms with van der Waals surface area (Å²) >= 11 is 0. The molecular weight excluding hydrogens is 604 g/mol. The van der Waals surface area contributed by atoms with Gasteiger partial charge in [-0.3, -0.25) is 4.79 Å². The Labute approximate surface area is 281 Å². The van der Waals surface area contributed by atoms with Crippen molar-refractivity contribution in [3.05, 3.63) is 110 Å². The molecule has 0 saturated carbocycles. The number of benzene rings is 4. The molecule has 0 radical (unpaired) electrons. The largest absolute Gasteiger partial charge is 0.455 e. The van der Waals surface area contributed by atoms with Crippen molar-refractivity contribution < 1.29 is 18.3 Å². The smallest absolute Gasteiger partial charge is 0.302 e. The number of nitrogens with two attached hydrogens (primary N) is 1. The Balaban J connectivity index is 0.000000473. The van der Waals surface area contributed by atoms with Gasteiger partial charge in [-0.05, 0) is 72.1 Å². The first-order valence-corrected chi connectivity index (χ1v) is 17.3. The van der Waals surface area contributed by atoms with E-state index in [4.69, 9.17) is 10.5 Å². The summed E-state index contributed by atoms with van der Waals surface area (Å²) in [6.45, 7) is 7.67. The Hall–Kier alpha value is -4.36. The lowest BCUT2D eigenvalue weighted by Crippen LogP contribution is -2.35. The second kappa shape index (κ2) is 12.6. The maximum absolute atomic E-state index is 11.5. The SMILES string of the molecule is CC(=O)C(C)(F)F.CCc1cc2c(c3c1=[N+](C)CC3)Oc1c(cc3c4c1CCCN4CCC3)C=2c1ccc(-c2ccc(CN)cc2)cc1. The van der Waals surface area contributed by atoms with Crippen LogP contribution in [0.1, 0.15) is 72.6 Å². The highest BCUT2D eigenvalue weighted by Crippen LogP contribution is 2.48. The summed E-state index contributed by atoms with van der Waals surface area (Å²) in [5, 5.41) is 2.65. The Morgan fingerprint density at radius 1 is 0.917 bits per heavy atom. The van der Waals surface area contributed by atoms with Gasteiger partial charge in [0.2, 0.25) is 5.36 Å². The standard InChI is InChI=1S/C37H38N3O.C4H6F2O/c1-3-24-20-31-33(27-14-12-26(13-15-27)25-10-8-23(22-38)9-11-25)32-21-28-6-4-17-40-18-5-7-29(35(28)40)36(32)41-37(31)30-16-19-39(2)34(24)30;1-3(7)4(2,5)6/h8-15,20-21H,3-7,16-19,22,38H2,1-2H3;1-2H3/q+1;. The van der Waals surface area contributed by atoms with Crippen molar-refractivity contribution in [2.45, 2.75) is 71.8 Å². The first-order valence-electron chi connectivity index (χ1n) is 17.3. The number of rotatable bonds is 5. The highest BCUT2D eigenvalue weighted by molar-refractivity contribution is 5.90. The number of hydrogen-bond donors (Lipinski definition) is 1. The molecule has 2 N–H and O–H groups in total. The van der Waals surface area contributed by atoms with E-state index in [1.165, 1.54) is 92.3 Å². The van der Waals surface area contributed by atoms with Crippen LogP contribution in [0.25, 0.3) is 16.7 Å². The van der Waals surface area contributed by atoms with E-state index in [0.29, 0.717) is 13.5 Å². The Morgan fingerprint density at radius 3 is 2.17 bits per heavy atom. The maximum Gasteiger partial charge on any atom is 0.302 e. The van der Waals surface area contributed by atoms with Crippen LogP contribution in [0, 0.1) is 0 Å². The van der Waals surface area contributed by atoms with Gasteiger partial charge in [-0.25, -0.2) is 4.58 Å². The molecule has 48 heavy (non-hydrogen) atoms. The molecule has 8 rings (SSSR count). The van der Waals surface area contributed by atoms with Crippen molar-refractivity contribution >= 4 is 17.0 Å². The van der Waals surface area contributed by atoms with Crippen LogP contribution in [-0.2, 0) is 37.0 Å². The van der Waals surface area contributed by atoms with Gasteiger partial charge >= 0.3 is 5.92 Å². The zero-order valence-corrected chi connectivity index (χ0v) is 28.4. The minimum Gasteiger partial charge on any atom is -0.455 e. The quantitative estimate of drug-likeness (QED) is 0.226. The Kier molecular flexibility index (Phi) is 8.44. The zero-order chi connectivity index (χ0) is 33.7. The lowest BCUT2D eigenvalue weighted by Gasteiger charge is -2.39. The molecule has 0 fully saturated rings. The van der Waals surface area contributed by atoms with E-state index in [0.717, 1.165) is 56.2 Å². The monoisotopic (exact) mass is 648 g/mol. The molecule has 4 aromatic carbocycles. The molecule has 5 nitrogen and oxygen atoms in total. The number of Topliss-reactive ketones (excluding diaryl/α,β-unsaturated/α-hetero) is 1. The second-order valence-electron chi connectivity index (χ2n) is 13.6. The van der Waals surface area contributed by atoms with Gasteiger partial charge in [0.05, 0.1) is 5.56 Å². The van der Waals surface area contributed by atoms with Crippen molar-refractivity contribution in [1.82, 2.24) is 4.58 Å². The van der Waals surface area contributed by atoms with Gasteiger partial charge in [-0.1, -0.05) is 55.5 Å². The first kappa shape index (κ1) is 32.2. The normalized spacial score (nSPS) is 15.9. The molecular formula is C41H44F2N3O2+. The molecule has 4 heterocycles. The third-order valence-electron chi connectivity index (χ3n) is 10.4. The summed E-state index contributed by atoms with van der Waals surface area (Å²) in [5.41, 5.74) is 20.5. The minimum atomic E-state index is -3.14. The van der Waals surface area contributed by atoms with Crippen LogP contribution in [-0.4, -0.2) is 38.4 Å². The Morgan fingerprint density at radius 2 is 1.54 bits per heavy atom. The molecule has 4 aromatic rings. The Bertz CT molecular complexity index is 2040. The summed E-state index contributed by atoms with van der Waals surface area (Å²) in [6.07, 6.45) is 6.73. The average Bonchev–Trinajstić information content (AvgIpc) is 3.49. The summed E-state index contributed by atoms with van der Waals surface area (Å²) < 4.78 is 32.5. The highest BCUT2D eigenvalue weighted by atomic mass is 19.3. The van der Waals surface area contributed by atoms with E-state index in [1.807, 2.05) is 0 Å². The van der Waals surface area contributed by atoms with Gasteiger partial charge in [-0.15, -0.1) is 0 Å². The zero-order valence-electron chi connectivity index (χ0n) is 28.4. The lowest BCUT2D eigenvalue weighted by molar-refractivity contribution is -0.138. The van der Waals surface area contributed by atoms with Crippen LogP contribution >= 0.6 is 0 Å². The van der Waals surface area contributed by atoms with E-state index in [2.05, 4.69) is 84.1 Å². The number of ketones is 1. The fraction of sp³-hybridized carbons (Fsp3) is 0.366. The summed E-state index contributed by atoms with van der Waals surface area (Å²) in [7, 11) is 2.23. The van der Waals surface area contributed by atoms with E-state index in [-0.39, 0.29) is 0 Å². The van der Waals surface area contributed by atoms with Gasteiger partial charge < -0.3 is 15.4 Å². The van der Waals surface area contributed by atoms with Crippen molar-refractivity contribution in [1.29, 1.82) is 0 Å². The molecule has 0 unspecified atom stereocenters. The number of carbonyl (C=O) groups is 1. The van der Waals surface area contributed by atoms with Crippen LogP contribution in [0.2, 0.25) is 0 Å². The van der Waals surface area contributed by atoms with Crippen molar-refractivity contribution in [3.63, 3.8) is 0 Å². The van der Waals surface area contributed by atoms with Gasteiger partial charge in [0.25, 0.3) is 0 Å². The topological polar surface area (TPSA) is 58.6 Å². The molecule has 0 bridgehead atoms. The molecule has 0 amide bonds. The first-order chi connectivity index (χ1) is 23.1. The highest BCUT2D eigenvalue weighted by Gasteiger charge is 2.35. The van der Waals surface area contributed by atoms with Gasteiger partial charge in [0, 0.05) is 73.1 Å². The van der Waals surface area contributed by atoms with E-state index < -0.39 is 11.7 Å². The molecule has 0 aromatic heterocycles. The number of anilines is 1. The number of carbonyl (C=O) groups excluding carboxylic acids is 1. The lowest BCUT2D eigenvalue weighted by atomic mass is 9.83. The van der Waals surface area contributed by atoms with Crippen LogP contribution in [0.5, 0.6) is 11.5 Å². The van der Waals surface area contributed by atoms with Gasteiger partial charge in [-0.2, -0.15) is 8.78 Å². The van der Waals surface area contributed by atoms with E-state index in [1.54, 1.807) is 0 Å². The number of likely N-dealkylation sites (N-methyl/N-ethyl adjacent to an activating group) is 1. The van der Waals surface area contributed by atoms with Crippen LogP contribution in [0.3, 0.4) is 0 Å². The van der Waals surface area contributed by atoms with E-state index >= 15 is 0 Å². The number of hydrogen-bond acceptors (Lipinski definition) is 4. The predicted molar refractivity (Wildman–Crippen MR) is 189 cm³/mol. The average molecular weight is 649 g/mol. The summed E-state index contributed by atoms with van der Waals surface area (Å²) in [4.78, 5) is 12.3. The van der Waals surface area contributed by atoms with Crippen molar-refractivity contribution in [2.24, 2.45) is 5.73 Å². The van der Waals surface area contributed by atoms with Crippen LogP contribution in [0.4, 0.5) is 14.5 Å². The molecule has 4 aliphatic heterocycles. The number of halogens is 2. The van der Waals surface area contributed by atoms with Crippen LogP contribution in [0.15, 0.2) is 60.7 Å². The number of alkyl halides is 2. The predicted octanol–water partition coefficient (Wildman–Crippen LogP) is 6.33. The second-order valence-corrected chi connectivity index (χ2v) is 13.6. The molecule has 0 saturated heterocycles. The summed E-state index contributed by atoms with van der Waals surface area (Å²) in [6, 6.07) is 22.7. The molecule has 0 atom stereocenters. The van der Waals surface area contributed by atoms with Crippen LogP contribution < -0.4 is 30.5 Å².